The van der Waals surface area contributed by atoms with Crippen LogP contribution in [0.3, 0.4) is 0 Å². The third-order valence-electron chi connectivity index (χ3n) is 5.36. The second-order valence-electron chi connectivity index (χ2n) is 7.29. The van der Waals surface area contributed by atoms with E-state index in [-0.39, 0.29) is 42.1 Å². The van der Waals surface area contributed by atoms with E-state index in [0.29, 0.717) is 0 Å². The number of alkyl halides is 1. The first kappa shape index (κ1) is 19.6. The van der Waals surface area contributed by atoms with E-state index in [0.717, 1.165) is 30.3 Å². The highest BCUT2D eigenvalue weighted by Gasteiger charge is 2.31. The van der Waals surface area contributed by atoms with Crippen LogP contribution >= 0.6 is 0 Å². The van der Waals surface area contributed by atoms with E-state index in [1.165, 1.54) is 4.57 Å². The van der Waals surface area contributed by atoms with Crippen molar-refractivity contribution in [2.45, 2.75) is 31.6 Å². The summed E-state index contributed by atoms with van der Waals surface area (Å²) >= 11 is 0. The normalized spacial score (nSPS) is 21.0. The van der Waals surface area contributed by atoms with Gasteiger partial charge in [0, 0.05) is 30.8 Å². The molecule has 1 aliphatic heterocycles. The molecular weight excluding hydrogens is 391 g/mol. The van der Waals surface area contributed by atoms with E-state index in [1.807, 2.05) is 0 Å². The maximum atomic E-state index is 14.4. The number of aromatic nitrogens is 2. The van der Waals surface area contributed by atoms with Gasteiger partial charge in [-0.05, 0) is 31.5 Å². The van der Waals surface area contributed by atoms with Crippen molar-refractivity contribution in [3.05, 3.63) is 59.2 Å². The van der Waals surface area contributed by atoms with E-state index in [9.17, 15) is 22.0 Å². The van der Waals surface area contributed by atoms with E-state index < -0.39 is 41.5 Å². The van der Waals surface area contributed by atoms with Gasteiger partial charge < -0.3 is 15.2 Å². The van der Waals surface area contributed by atoms with Crippen LogP contribution in [0.25, 0.3) is 11.0 Å². The lowest BCUT2D eigenvalue weighted by Gasteiger charge is -2.35. The maximum absolute atomic E-state index is 14.4. The molecule has 4 rings (SSSR count). The Balaban J connectivity index is 1.90. The number of imidazole rings is 1. The second-order valence-corrected chi connectivity index (χ2v) is 7.29. The molecule has 29 heavy (non-hydrogen) atoms. The molecule has 4 nitrogen and oxygen atoms in total. The molecule has 0 spiro atoms. The zero-order chi connectivity index (χ0) is 20.9. The molecule has 1 saturated heterocycles. The molecule has 1 fully saturated rings. The third-order valence-corrected chi connectivity index (χ3v) is 5.36. The smallest absolute Gasteiger partial charge is 0.207 e. The van der Waals surface area contributed by atoms with Crippen LogP contribution < -0.4 is 10.6 Å². The lowest BCUT2D eigenvalue weighted by atomic mass is 10.0. The number of anilines is 1. The molecule has 0 radical (unpaired) electrons. The highest BCUT2D eigenvalue weighted by atomic mass is 19.2. The summed E-state index contributed by atoms with van der Waals surface area (Å²) in [5.74, 6) is -3.16. The summed E-state index contributed by atoms with van der Waals surface area (Å²) in [7, 11) is 0. The Hall–Kier alpha value is -2.68. The highest BCUT2D eigenvalue weighted by Crippen LogP contribution is 2.34. The van der Waals surface area contributed by atoms with Crippen molar-refractivity contribution in [2.75, 3.05) is 18.0 Å². The summed E-state index contributed by atoms with van der Waals surface area (Å²) in [6.45, 7) is 2.01. The van der Waals surface area contributed by atoms with Crippen molar-refractivity contribution >= 4 is 17.0 Å². The molecule has 3 aromatic rings. The van der Waals surface area contributed by atoms with Gasteiger partial charge in [-0.3, -0.25) is 0 Å². The Morgan fingerprint density at radius 1 is 1.07 bits per heavy atom. The van der Waals surface area contributed by atoms with Crippen molar-refractivity contribution in [1.82, 2.24) is 9.55 Å². The fourth-order valence-electron chi connectivity index (χ4n) is 3.79. The zero-order valence-electron chi connectivity index (χ0n) is 15.5. The van der Waals surface area contributed by atoms with Gasteiger partial charge in [-0.25, -0.2) is 26.9 Å². The number of rotatable bonds is 3. The van der Waals surface area contributed by atoms with Crippen LogP contribution in [0.15, 0.2) is 30.3 Å². The van der Waals surface area contributed by atoms with Gasteiger partial charge in [0.15, 0.2) is 11.6 Å². The molecular formula is C20H19F5N4. The summed E-state index contributed by atoms with van der Waals surface area (Å²) in [6.07, 6.45) is -1.01. The molecule has 154 valence electrons. The van der Waals surface area contributed by atoms with E-state index in [2.05, 4.69) is 4.98 Å². The summed E-state index contributed by atoms with van der Waals surface area (Å²) < 4.78 is 71.3. The average molecular weight is 410 g/mol. The van der Waals surface area contributed by atoms with Crippen LogP contribution in [-0.4, -0.2) is 34.9 Å². The minimum atomic E-state index is -1.17. The van der Waals surface area contributed by atoms with Crippen LogP contribution in [0.5, 0.6) is 0 Å². The van der Waals surface area contributed by atoms with Gasteiger partial charge in [0.25, 0.3) is 0 Å². The van der Waals surface area contributed by atoms with E-state index in [4.69, 9.17) is 5.73 Å². The Morgan fingerprint density at radius 2 is 1.79 bits per heavy atom. The van der Waals surface area contributed by atoms with Crippen LogP contribution in [0, 0.1) is 23.3 Å². The second kappa shape index (κ2) is 7.29. The number of benzene rings is 2. The van der Waals surface area contributed by atoms with Crippen molar-refractivity contribution in [1.29, 1.82) is 0 Å². The predicted molar refractivity (Wildman–Crippen MR) is 99.5 cm³/mol. The SMILES string of the molecule is CC(c1cc(F)ccc1F)n1c(N2CC[C@@H](F)[C@H](N)C2)nc2cc(F)c(F)cc21. The maximum Gasteiger partial charge on any atom is 0.207 e. The predicted octanol–water partition coefficient (Wildman–Crippen LogP) is 4.08. The van der Waals surface area contributed by atoms with Crippen LogP contribution in [0.2, 0.25) is 0 Å². The third kappa shape index (κ3) is 3.43. The molecule has 2 heterocycles. The minimum absolute atomic E-state index is 0.0277. The molecule has 2 aromatic carbocycles. The van der Waals surface area contributed by atoms with Gasteiger partial charge in [-0.1, -0.05) is 0 Å². The van der Waals surface area contributed by atoms with Gasteiger partial charge in [-0.15, -0.1) is 0 Å². The monoisotopic (exact) mass is 410 g/mol. The first-order chi connectivity index (χ1) is 13.8. The molecule has 9 heteroatoms. The number of hydrogen-bond donors (Lipinski definition) is 1. The molecule has 0 bridgehead atoms. The zero-order valence-corrected chi connectivity index (χ0v) is 15.5. The minimum Gasteiger partial charge on any atom is -0.340 e. The van der Waals surface area contributed by atoms with Crippen molar-refractivity contribution in [3.63, 3.8) is 0 Å². The quantitative estimate of drug-likeness (QED) is 0.662. The van der Waals surface area contributed by atoms with Gasteiger partial charge in [0.2, 0.25) is 5.95 Å². The number of nitrogens with zero attached hydrogens (tertiary/aromatic N) is 3. The van der Waals surface area contributed by atoms with Gasteiger partial charge in [0.1, 0.15) is 17.8 Å². The van der Waals surface area contributed by atoms with Crippen LogP contribution in [0.4, 0.5) is 27.9 Å². The molecule has 1 aliphatic rings. The number of nitrogens with two attached hydrogens (primary N) is 1. The Morgan fingerprint density at radius 3 is 2.52 bits per heavy atom. The highest BCUT2D eigenvalue weighted by molar-refractivity contribution is 5.79. The van der Waals surface area contributed by atoms with Crippen molar-refractivity contribution in [2.24, 2.45) is 5.73 Å². The summed E-state index contributed by atoms with van der Waals surface area (Å²) in [6, 6.07) is 3.41. The lowest BCUT2D eigenvalue weighted by Crippen LogP contribution is -2.50. The van der Waals surface area contributed by atoms with Crippen LogP contribution in [0.1, 0.15) is 24.9 Å². The molecule has 1 unspecified atom stereocenters. The van der Waals surface area contributed by atoms with E-state index >= 15 is 0 Å². The Labute approximate surface area is 163 Å². The fourth-order valence-corrected chi connectivity index (χ4v) is 3.79. The lowest BCUT2D eigenvalue weighted by molar-refractivity contribution is 0.243. The number of halogens is 5. The molecule has 0 amide bonds. The topological polar surface area (TPSA) is 47.1 Å². The molecule has 1 aromatic heterocycles. The average Bonchev–Trinajstić information content (AvgIpc) is 3.04. The molecule has 3 atom stereocenters. The fraction of sp³-hybridized carbons (Fsp3) is 0.350. The standard InChI is InChI=1S/C20H19F5N4/c1-10(12-6-11(21)2-3-13(12)22)29-19-8-16(25)15(24)7-18(19)27-20(29)28-5-4-14(23)17(26)9-28/h2-3,6-8,10,14,17H,4-5,9,26H2,1H3/t10?,14-,17-/m1/s1. The Bertz CT molecular complexity index is 1070. The summed E-state index contributed by atoms with van der Waals surface area (Å²) in [5, 5.41) is 0. The van der Waals surface area contributed by atoms with Gasteiger partial charge in [0.05, 0.1) is 23.1 Å². The number of piperidine rings is 1. The number of hydrogen-bond acceptors (Lipinski definition) is 3. The van der Waals surface area contributed by atoms with Crippen molar-refractivity contribution in [3.8, 4) is 0 Å². The van der Waals surface area contributed by atoms with Gasteiger partial charge in [-0.2, -0.15) is 0 Å². The first-order valence-corrected chi connectivity index (χ1v) is 9.22. The molecule has 0 aliphatic carbocycles. The van der Waals surface area contributed by atoms with E-state index in [1.54, 1.807) is 11.8 Å². The molecule has 2 N–H and O–H groups in total. The first-order valence-electron chi connectivity index (χ1n) is 9.22. The number of fused-ring (bicyclic) bond motifs is 1. The summed E-state index contributed by atoms with van der Waals surface area (Å²) in [5.41, 5.74) is 6.24. The Kier molecular flexibility index (Phi) is 4.94. The molecule has 0 saturated carbocycles. The van der Waals surface area contributed by atoms with Gasteiger partial charge >= 0.3 is 0 Å². The summed E-state index contributed by atoms with van der Waals surface area (Å²) in [4.78, 5) is 6.08. The largest absolute Gasteiger partial charge is 0.340 e. The van der Waals surface area contributed by atoms with Crippen LogP contribution in [-0.2, 0) is 0 Å². The van der Waals surface area contributed by atoms with Crippen molar-refractivity contribution < 1.29 is 22.0 Å².